The van der Waals surface area contributed by atoms with Crippen LogP contribution in [0.25, 0.3) is 0 Å². The van der Waals surface area contributed by atoms with Crippen molar-refractivity contribution in [2.45, 2.75) is 68.8 Å². The molecule has 1 aromatic rings. The van der Waals surface area contributed by atoms with Gasteiger partial charge in [-0.3, -0.25) is 5.43 Å². The molecule has 0 aromatic heterocycles. The third-order valence-electron chi connectivity index (χ3n) is 8.57. The number of thioether (sulfide) groups is 1. The number of likely N-dealkylation sites (tertiary alicyclic amines) is 1. The molecule has 0 amide bonds. The lowest BCUT2D eigenvalue weighted by atomic mass is 9.72. The van der Waals surface area contributed by atoms with Gasteiger partial charge in [-0.1, -0.05) is 43.2 Å². The van der Waals surface area contributed by atoms with E-state index in [0.29, 0.717) is 12.5 Å². The lowest BCUT2D eigenvalue weighted by molar-refractivity contribution is -0.0856. The molecule has 0 bridgehead atoms. The molecule has 182 valence electrons. The zero-order chi connectivity index (χ0) is 22.7. The van der Waals surface area contributed by atoms with E-state index in [1.54, 1.807) is 0 Å². The molecule has 5 rings (SSSR count). The van der Waals surface area contributed by atoms with E-state index >= 15 is 0 Å². The van der Waals surface area contributed by atoms with Crippen molar-refractivity contribution >= 4 is 22.6 Å². The van der Waals surface area contributed by atoms with E-state index in [9.17, 15) is 5.11 Å². The van der Waals surface area contributed by atoms with E-state index < -0.39 is 0 Å². The summed E-state index contributed by atoms with van der Waals surface area (Å²) in [5.41, 5.74) is 6.02. The number of ether oxygens (including phenoxy) is 1. The Morgan fingerprint density at radius 2 is 1.70 bits per heavy atom. The van der Waals surface area contributed by atoms with Crippen molar-refractivity contribution in [1.82, 2.24) is 10.3 Å². The Labute approximate surface area is 203 Å². The first kappa shape index (κ1) is 23.3. The van der Waals surface area contributed by atoms with Crippen molar-refractivity contribution in [2.24, 2.45) is 16.9 Å². The fraction of sp³-hybridized carbons (Fsp3) is 0.731. The largest absolute Gasteiger partial charge is 0.396 e. The molecule has 0 spiro atoms. The Hall–Kier alpha value is -1.44. The molecule has 3 aliphatic heterocycles. The Balaban J connectivity index is 1.14. The Kier molecular flexibility index (Phi) is 7.38. The average Bonchev–Trinajstić information content (AvgIpc) is 3.40. The quantitative estimate of drug-likeness (QED) is 0.655. The van der Waals surface area contributed by atoms with E-state index in [-0.39, 0.29) is 11.0 Å². The van der Waals surface area contributed by atoms with Gasteiger partial charge in [-0.2, -0.15) is 5.10 Å². The molecule has 3 fully saturated rings. The summed E-state index contributed by atoms with van der Waals surface area (Å²) in [7, 11) is 1.94. The van der Waals surface area contributed by atoms with Crippen LogP contribution in [0, 0.1) is 11.8 Å². The molecule has 6 nitrogen and oxygen atoms in total. The van der Waals surface area contributed by atoms with E-state index in [4.69, 9.17) is 4.74 Å². The van der Waals surface area contributed by atoms with Gasteiger partial charge in [0, 0.05) is 45.6 Å². The second-order valence-corrected chi connectivity index (χ2v) is 11.4. The van der Waals surface area contributed by atoms with Gasteiger partial charge in [0.25, 0.3) is 0 Å². The van der Waals surface area contributed by atoms with Crippen LogP contribution < -0.4 is 10.3 Å². The highest BCUT2D eigenvalue weighted by Crippen LogP contribution is 2.42. The Morgan fingerprint density at radius 1 is 1.00 bits per heavy atom. The smallest absolute Gasteiger partial charge is 0.185 e. The molecular formula is C26H40N4O2S. The number of anilines is 1. The molecule has 0 radical (unpaired) electrons. The van der Waals surface area contributed by atoms with Gasteiger partial charge in [-0.25, -0.2) is 0 Å². The number of benzene rings is 1. The maximum Gasteiger partial charge on any atom is 0.185 e. The summed E-state index contributed by atoms with van der Waals surface area (Å²) in [6.45, 7) is 4.45. The van der Waals surface area contributed by atoms with Crippen molar-refractivity contribution in [2.75, 3.05) is 44.8 Å². The highest BCUT2D eigenvalue weighted by atomic mass is 32.2. The van der Waals surface area contributed by atoms with Crippen LogP contribution in [0.2, 0.25) is 0 Å². The summed E-state index contributed by atoms with van der Waals surface area (Å²) in [6.07, 6.45) is 11.2. The lowest BCUT2D eigenvalue weighted by Crippen LogP contribution is -2.50. The number of piperidine rings is 2. The predicted molar refractivity (Wildman–Crippen MR) is 136 cm³/mol. The molecule has 33 heavy (non-hydrogen) atoms. The van der Waals surface area contributed by atoms with Gasteiger partial charge in [0.2, 0.25) is 0 Å². The van der Waals surface area contributed by atoms with Gasteiger partial charge in [-0.05, 0) is 68.1 Å². The van der Waals surface area contributed by atoms with E-state index in [0.717, 1.165) is 62.9 Å². The van der Waals surface area contributed by atoms with E-state index in [2.05, 4.69) is 44.6 Å². The number of nitrogens with zero attached hydrogens (tertiary/aromatic N) is 3. The number of aliphatic hydroxyl groups is 1. The summed E-state index contributed by atoms with van der Waals surface area (Å²) in [4.78, 5) is 4.90. The first-order valence-electron chi connectivity index (χ1n) is 13.0. The summed E-state index contributed by atoms with van der Waals surface area (Å²) in [6, 6.07) is 9.08. The predicted octanol–water partition coefficient (Wildman–Crippen LogP) is 4.56. The molecule has 4 aliphatic rings. The Bertz CT molecular complexity index is 795. The molecular weight excluding hydrogens is 432 g/mol. The van der Waals surface area contributed by atoms with Crippen LogP contribution in [-0.4, -0.2) is 60.7 Å². The molecule has 2 N–H and O–H groups in total. The first-order chi connectivity index (χ1) is 16.2. The zero-order valence-corrected chi connectivity index (χ0v) is 20.9. The van der Waals surface area contributed by atoms with Crippen molar-refractivity contribution in [1.29, 1.82) is 0 Å². The van der Waals surface area contributed by atoms with Gasteiger partial charge in [0.05, 0.1) is 5.60 Å². The fourth-order valence-electron chi connectivity index (χ4n) is 6.28. The summed E-state index contributed by atoms with van der Waals surface area (Å²) >= 11 is 1.81. The minimum Gasteiger partial charge on any atom is -0.396 e. The summed E-state index contributed by atoms with van der Waals surface area (Å²) in [5, 5.41) is 15.3. The van der Waals surface area contributed by atoms with Gasteiger partial charge in [-0.15, -0.1) is 0 Å². The molecule has 1 aliphatic carbocycles. The van der Waals surface area contributed by atoms with Crippen LogP contribution in [0.4, 0.5) is 5.69 Å². The van der Waals surface area contributed by atoms with Crippen molar-refractivity contribution in [3.8, 4) is 0 Å². The molecule has 1 unspecified atom stereocenters. The minimum atomic E-state index is 0.0979. The first-order valence-corrected chi connectivity index (χ1v) is 13.8. The number of hydrogen-bond donors (Lipinski definition) is 2. The van der Waals surface area contributed by atoms with Gasteiger partial charge in [0.1, 0.15) is 5.37 Å². The van der Waals surface area contributed by atoms with Crippen LogP contribution in [0.15, 0.2) is 29.4 Å². The number of aliphatic hydroxyl groups excluding tert-OH is 1. The number of nitrogens with one attached hydrogen (secondary N) is 1. The van der Waals surface area contributed by atoms with Crippen LogP contribution in [0.1, 0.15) is 68.7 Å². The summed E-state index contributed by atoms with van der Waals surface area (Å²) < 4.78 is 6.19. The SMILES string of the molecule is COC1(C2CCCCC2)CCN(c2ccc(C3NN=C(N4CCC(CO)CC4)S3)cc2)CC1. The Morgan fingerprint density at radius 3 is 2.33 bits per heavy atom. The molecule has 2 saturated heterocycles. The van der Waals surface area contributed by atoms with Crippen molar-refractivity contribution < 1.29 is 9.84 Å². The maximum absolute atomic E-state index is 9.37. The summed E-state index contributed by atoms with van der Waals surface area (Å²) in [5.74, 6) is 1.20. The van der Waals surface area contributed by atoms with Crippen molar-refractivity contribution in [3.63, 3.8) is 0 Å². The molecule has 1 saturated carbocycles. The molecule has 1 atom stereocenters. The van der Waals surface area contributed by atoms with Crippen molar-refractivity contribution in [3.05, 3.63) is 29.8 Å². The monoisotopic (exact) mass is 472 g/mol. The molecule has 7 heteroatoms. The van der Waals surface area contributed by atoms with E-state index in [1.807, 2.05) is 18.9 Å². The molecule has 1 aromatic carbocycles. The third kappa shape index (κ3) is 5.01. The number of hydrazone groups is 1. The minimum absolute atomic E-state index is 0.0979. The van der Waals surface area contributed by atoms with Crippen LogP contribution in [-0.2, 0) is 4.74 Å². The fourth-order valence-corrected chi connectivity index (χ4v) is 7.32. The standard InChI is InChI=1S/C26H40N4O2S/c1-32-26(22-5-3-2-4-6-22)13-17-29(18-14-26)23-9-7-21(8-10-23)24-27-28-25(33-24)30-15-11-20(19-31)12-16-30/h7-10,20,22,24,27,31H,2-6,11-19H2,1H3. The topological polar surface area (TPSA) is 60.3 Å². The average molecular weight is 473 g/mol. The van der Waals surface area contributed by atoms with Crippen LogP contribution in [0.3, 0.4) is 0 Å². The second kappa shape index (κ2) is 10.4. The van der Waals surface area contributed by atoms with Crippen LogP contribution in [0.5, 0.6) is 0 Å². The molecule has 3 heterocycles. The third-order valence-corrected chi connectivity index (χ3v) is 9.74. The van der Waals surface area contributed by atoms with Gasteiger partial charge >= 0.3 is 0 Å². The second-order valence-electron chi connectivity index (χ2n) is 10.3. The zero-order valence-electron chi connectivity index (χ0n) is 20.0. The van der Waals surface area contributed by atoms with Crippen LogP contribution >= 0.6 is 11.8 Å². The number of rotatable bonds is 5. The normalized spacial score (nSPS) is 26.8. The maximum atomic E-state index is 9.37. The van der Waals surface area contributed by atoms with Gasteiger partial charge in [0.15, 0.2) is 5.17 Å². The van der Waals surface area contributed by atoms with E-state index in [1.165, 1.54) is 43.4 Å². The number of methoxy groups -OCH3 is 1. The van der Waals surface area contributed by atoms with Gasteiger partial charge < -0.3 is 19.6 Å². The lowest BCUT2D eigenvalue weighted by Gasteiger charge is -2.47. The number of amidine groups is 1. The number of hydrogen-bond acceptors (Lipinski definition) is 7. The highest BCUT2D eigenvalue weighted by molar-refractivity contribution is 8.14. The highest BCUT2D eigenvalue weighted by Gasteiger charge is 2.42.